The number of carbonyl (C=O) groups is 1. The lowest BCUT2D eigenvalue weighted by Crippen LogP contribution is -2.34. The first-order valence-electron chi connectivity index (χ1n) is 11.8. The zero-order valence-corrected chi connectivity index (χ0v) is 20.9. The molecule has 3 aromatic rings. The predicted molar refractivity (Wildman–Crippen MR) is 143 cm³/mol. The van der Waals surface area contributed by atoms with E-state index in [9.17, 15) is 4.79 Å². The Hall–Kier alpha value is -3.26. The average Bonchev–Trinajstić information content (AvgIpc) is 3.46. The number of amides is 1. The van der Waals surface area contributed by atoms with Gasteiger partial charge in [-0.05, 0) is 50.8 Å². The maximum Gasteiger partial charge on any atom is 0.253 e. The van der Waals surface area contributed by atoms with Gasteiger partial charge in [0.1, 0.15) is 0 Å². The molecule has 1 aliphatic heterocycles. The van der Waals surface area contributed by atoms with Gasteiger partial charge in [-0.1, -0.05) is 13.5 Å². The van der Waals surface area contributed by atoms with Crippen LogP contribution in [0.15, 0.2) is 53.4 Å². The molecule has 34 heavy (non-hydrogen) atoms. The van der Waals surface area contributed by atoms with Gasteiger partial charge < -0.3 is 10.2 Å². The van der Waals surface area contributed by atoms with E-state index in [1.165, 1.54) is 11.1 Å². The summed E-state index contributed by atoms with van der Waals surface area (Å²) in [5.41, 5.74) is 4.15. The first kappa shape index (κ1) is 23.9. The highest BCUT2D eigenvalue weighted by Gasteiger charge is 2.22. The quantitative estimate of drug-likeness (QED) is 0.464. The number of aryl methyl sites for hydroxylation is 1. The normalized spacial score (nSPS) is 15.4. The molecule has 0 aromatic carbocycles. The molecule has 3 aromatic heterocycles. The fourth-order valence-electron chi connectivity index (χ4n) is 4.14. The molecule has 8 heteroatoms. The lowest BCUT2D eigenvalue weighted by molar-refractivity contribution is 0.0959. The van der Waals surface area contributed by atoms with Gasteiger partial charge in [0.15, 0.2) is 5.65 Å². The summed E-state index contributed by atoms with van der Waals surface area (Å²) in [6.45, 7) is 12.9. The number of anilines is 1. The van der Waals surface area contributed by atoms with Crippen molar-refractivity contribution in [1.29, 1.82) is 0 Å². The van der Waals surface area contributed by atoms with Crippen LogP contribution in [0.2, 0.25) is 0 Å². The van der Waals surface area contributed by atoms with Gasteiger partial charge in [-0.15, -0.1) is 11.3 Å². The van der Waals surface area contributed by atoms with Crippen molar-refractivity contribution >= 4 is 40.5 Å². The molecule has 0 aliphatic carbocycles. The van der Waals surface area contributed by atoms with E-state index >= 15 is 0 Å². The van der Waals surface area contributed by atoms with Crippen LogP contribution in [0, 0.1) is 12.8 Å². The van der Waals surface area contributed by atoms with Gasteiger partial charge in [0.25, 0.3) is 5.91 Å². The SMILES string of the molecule is C=C/N=C(\C=N/CC)CNC(=O)c1cc(N2CCC(C)CC2)c2ncc(-c3ccc(C)s3)n2c1. The summed E-state index contributed by atoms with van der Waals surface area (Å²) in [4.78, 5) is 31.2. The Kier molecular flexibility index (Phi) is 7.57. The molecule has 1 N–H and O–H groups in total. The Morgan fingerprint density at radius 2 is 2.15 bits per heavy atom. The van der Waals surface area contributed by atoms with Crippen LogP contribution in [0.1, 0.15) is 41.9 Å². The van der Waals surface area contributed by atoms with Gasteiger partial charge in [-0.2, -0.15) is 0 Å². The molecule has 4 heterocycles. The number of fused-ring (bicyclic) bond motifs is 1. The molecule has 0 bridgehead atoms. The van der Waals surface area contributed by atoms with Crippen LogP contribution < -0.4 is 10.2 Å². The van der Waals surface area contributed by atoms with Gasteiger partial charge in [-0.3, -0.25) is 19.2 Å². The molecule has 0 spiro atoms. The topological polar surface area (TPSA) is 74.4 Å². The van der Waals surface area contributed by atoms with Crippen LogP contribution in [-0.2, 0) is 0 Å². The van der Waals surface area contributed by atoms with Crippen molar-refractivity contribution < 1.29 is 4.79 Å². The van der Waals surface area contributed by atoms with Crippen LogP contribution in [0.4, 0.5) is 5.69 Å². The standard InChI is InChI=1S/C26H32N6OS/c1-5-27-14-21(28-6-2)15-30-26(33)20-13-22(31-11-9-18(3)10-12-31)25-29-16-23(32(25)17-20)24-8-7-19(4)34-24/h6-8,13-14,16-18H,2,5,9-12,15H2,1,3-4H3,(H,30,33)/b27-14-,28-21+. The van der Waals surface area contributed by atoms with Crippen LogP contribution in [0.25, 0.3) is 16.2 Å². The van der Waals surface area contributed by atoms with Crippen LogP contribution >= 0.6 is 11.3 Å². The number of rotatable bonds is 8. The largest absolute Gasteiger partial charge is 0.368 e. The summed E-state index contributed by atoms with van der Waals surface area (Å²) >= 11 is 1.73. The summed E-state index contributed by atoms with van der Waals surface area (Å²) < 4.78 is 2.06. The molecule has 1 saturated heterocycles. The number of piperidine rings is 1. The summed E-state index contributed by atoms with van der Waals surface area (Å²) in [6, 6.07) is 6.20. The lowest BCUT2D eigenvalue weighted by atomic mass is 9.99. The van der Waals surface area contributed by atoms with E-state index in [4.69, 9.17) is 4.98 Å². The first-order chi connectivity index (χ1) is 16.5. The fourth-order valence-corrected chi connectivity index (χ4v) is 5.02. The number of hydrogen-bond donors (Lipinski definition) is 1. The molecule has 4 rings (SSSR count). The molecule has 1 aliphatic rings. The molecule has 7 nitrogen and oxygen atoms in total. The van der Waals surface area contributed by atoms with Crippen molar-refractivity contribution in [1.82, 2.24) is 14.7 Å². The highest BCUT2D eigenvalue weighted by atomic mass is 32.1. The Balaban J connectivity index is 1.70. The van der Waals surface area contributed by atoms with E-state index < -0.39 is 0 Å². The number of carbonyl (C=O) groups excluding carboxylic acids is 1. The van der Waals surface area contributed by atoms with E-state index in [2.05, 4.69) is 57.2 Å². The summed E-state index contributed by atoms with van der Waals surface area (Å²) in [7, 11) is 0. The first-order valence-corrected chi connectivity index (χ1v) is 12.6. The van der Waals surface area contributed by atoms with Crippen molar-refractivity contribution in [2.24, 2.45) is 15.9 Å². The zero-order valence-electron chi connectivity index (χ0n) is 20.1. The number of nitrogens with one attached hydrogen (secondary N) is 1. The van der Waals surface area contributed by atoms with Crippen LogP contribution in [0.5, 0.6) is 0 Å². The maximum atomic E-state index is 13.2. The van der Waals surface area contributed by atoms with Crippen LogP contribution in [0.3, 0.4) is 0 Å². The molecule has 1 fully saturated rings. The van der Waals surface area contributed by atoms with Crippen molar-refractivity contribution in [2.75, 3.05) is 31.1 Å². The minimum atomic E-state index is -0.155. The Morgan fingerprint density at radius 1 is 1.35 bits per heavy atom. The number of aromatic nitrogens is 2. The van der Waals surface area contributed by atoms with E-state index in [0.29, 0.717) is 17.8 Å². The number of aliphatic imine (C=N–C) groups is 2. The lowest BCUT2D eigenvalue weighted by Gasteiger charge is -2.32. The number of hydrogen-bond acceptors (Lipinski definition) is 6. The highest BCUT2D eigenvalue weighted by Crippen LogP contribution is 2.33. The monoisotopic (exact) mass is 476 g/mol. The molecule has 178 valence electrons. The Labute approximate surface area is 205 Å². The third-order valence-electron chi connectivity index (χ3n) is 6.08. The van der Waals surface area contributed by atoms with Crippen LogP contribution in [-0.4, -0.2) is 53.4 Å². The van der Waals surface area contributed by atoms with Gasteiger partial charge in [0, 0.05) is 43.1 Å². The average molecular weight is 477 g/mol. The van der Waals surface area contributed by atoms with Crippen molar-refractivity contribution in [3.05, 3.63) is 53.8 Å². The predicted octanol–water partition coefficient (Wildman–Crippen LogP) is 5.01. The molecule has 0 radical (unpaired) electrons. The van der Waals surface area contributed by atoms with E-state index in [-0.39, 0.29) is 12.5 Å². The van der Waals surface area contributed by atoms with E-state index in [1.807, 2.05) is 25.4 Å². The summed E-state index contributed by atoms with van der Waals surface area (Å²) in [5, 5.41) is 2.99. The van der Waals surface area contributed by atoms with Crippen molar-refractivity contribution in [3.8, 4) is 10.6 Å². The van der Waals surface area contributed by atoms with Crippen molar-refractivity contribution in [2.45, 2.75) is 33.6 Å². The second kappa shape index (κ2) is 10.8. The van der Waals surface area contributed by atoms with Gasteiger partial charge >= 0.3 is 0 Å². The number of imidazole rings is 1. The molecule has 0 saturated carbocycles. The highest BCUT2D eigenvalue weighted by molar-refractivity contribution is 7.15. The fraction of sp³-hybridized carbons (Fsp3) is 0.385. The molecular formula is C26H32N6OS. The van der Waals surface area contributed by atoms with Gasteiger partial charge in [0.05, 0.1) is 40.3 Å². The number of nitrogens with zero attached hydrogens (tertiary/aromatic N) is 5. The smallest absolute Gasteiger partial charge is 0.253 e. The second-order valence-corrected chi connectivity index (χ2v) is 9.93. The Bertz CT molecular complexity index is 1230. The molecule has 1 amide bonds. The summed E-state index contributed by atoms with van der Waals surface area (Å²) in [5.74, 6) is 0.563. The number of pyridine rings is 1. The van der Waals surface area contributed by atoms with Crippen molar-refractivity contribution in [3.63, 3.8) is 0 Å². The minimum absolute atomic E-state index is 0.155. The van der Waals surface area contributed by atoms with E-state index in [0.717, 1.165) is 53.8 Å². The van der Waals surface area contributed by atoms with Gasteiger partial charge in [0.2, 0.25) is 0 Å². The molecular weight excluding hydrogens is 444 g/mol. The third-order valence-corrected chi connectivity index (χ3v) is 7.10. The molecule has 0 unspecified atom stereocenters. The second-order valence-electron chi connectivity index (χ2n) is 8.64. The number of thiophene rings is 1. The summed E-state index contributed by atoms with van der Waals surface area (Å²) in [6.07, 6.45) is 9.22. The Morgan fingerprint density at radius 3 is 2.82 bits per heavy atom. The minimum Gasteiger partial charge on any atom is -0.368 e. The van der Waals surface area contributed by atoms with Gasteiger partial charge in [-0.25, -0.2) is 4.98 Å². The third kappa shape index (κ3) is 5.28. The zero-order chi connectivity index (χ0) is 24.1. The molecule has 0 atom stereocenters. The van der Waals surface area contributed by atoms with E-state index in [1.54, 1.807) is 17.6 Å². The maximum absolute atomic E-state index is 13.2.